The summed E-state index contributed by atoms with van der Waals surface area (Å²) < 4.78 is 16.8. The van der Waals surface area contributed by atoms with Gasteiger partial charge < -0.3 is 18.8 Å². The summed E-state index contributed by atoms with van der Waals surface area (Å²) in [7, 11) is 0. The SMILES string of the molecule is CCOc1nc2ccc(OCCCC3CCN(c4ccc(C)nn4)CC3)cc2o1. The smallest absolute Gasteiger partial charge is 0.394 e. The van der Waals surface area contributed by atoms with E-state index in [2.05, 4.69) is 26.1 Å². The Balaban J connectivity index is 1.19. The van der Waals surface area contributed by atoms with Gasteiger partial charge in [-0.3, -0.25) is 0 Å². The molecule has 0 aliphatic carbocycles. The van der Waals surface area contributed by atoms with E-state index in [1.165, 1.54) is 19.3 Å². The van der Waals surface area contributed by atoms with E-state index in [0.717, 1.165) is 48.2 Å². The highest BCUT2D eigenvalue weighted by Gasteiger charge is 2.20. The third-order valence-corrected chi connectivity index (χ3v) is 5.36. The van der Waals surface area contributed by atoms with Crippen molar-refractivity contribution < 1.29 is 13.9 Å². The van der Waals surface area contributed by atoms with Crippen molar-refractivity contribution in [3.63, 3.8) is 0 Å². The summed E-state index contributed by atoms with van der Waals surface area (Å²) in [4.78, 5) is 6.61. The molecule has 2 aromatic heterocycles. The molecule has 154 valence electrons. The van der Waals surface area contributed by atoms with E-state index in [4.69, 9.17) is 13.9 Å². The van der Waals surface area contributed by atoms with Gasteiger partial charge >= 0.3 is 6.08 Å². The standard InChI is InChI=1S/C22H28N4O3/c1-3-27-22-23-19-8-7-18(15-20(19)29-22)28-14-4-5-17-10-12-26(13-11-17)21-9-6-16(2)24-25-21/h6-9,15,17H,3-5,10-14H2,1-2H3. The van der Waals surface area contributed by atoms with Crippen LogP contribution in [-0.4, -0.2) is 41.5 Å². The number of oxazole rings is 1. The number of piperidine rings is 1. The van der Waals surface area contributed by atoms with E-state index in [1.807, 2.05) is 38.1 Å². The van der Waals surface area contributed by atoms with E-state index in [0.29, 0.717) is 24.9 Å². The molecule has 0 unspecified atom stereocenters. The van der Waals surface area contributed by atoms with Crippen LogP contribution >= 0.6 is 0 Å². The summed E-state index contributed by atoms with van der Waals surface area (Å²) in [6.45, 7) is 7.22. The summed E-state index contributed by atoms with van der Waals surface area (Å²) in [6, 6.07) is 9.81. The van der Waals surface area contributed by atoms with Crippen LogP contribution in [0.4, 0.5) is 5.82 Å². The maximum atomic E-state index is 5.92. The molecule has 1 aliphatic heterocycles. The van der Waals surface area contributed by atoms with Crippen LogP contribution in [0, 0.1) is 12.8 Å². The number of aryl methyl sites for hydroxylation is 1. The van der Waals surface area contributed by atoms with E-state index < -0.39 is 0 Å². The molecule has 3 heterocycles. The monoisotopic (exact) mass is 396 g/mol. The van der Waals surface area contributed by atoms with Crippen molar-refractivity contribution in [2.24, 2.45) is 5.92 Å². The van der Waals surface area contributed by atoms with Gasteiger partial charge in [0.1, 0.15) is 11.3 Å². The second-order valence-corrected chi connectivity index (χ2v) is 7.50. The zero-order valence-electron chi connectivity index (χ0n) is 17.1. The van der Waals surface area contributed by atoms with Gasteiger partial charge in [0.2, 0.25) is 0 Å². The number of rotatable bonds is 8. The van der Waals surface area contributed by atoms with Crippen LogP contribution < -0.4 is 14.4 Å². The van der Waals surface area contributed by atoms with Crippen molar-refractivity contribution >= 4 is 16.9 Å². The van der Waals surface area contributed by atoms with Crippen molar-refractivity contribution in [2.75, 3.05) is 31.2 Å². The number of fused-ring (bicyclic) bond motifs is 1. The molecule has 0 amide bonds. The molecular weight excluding hydrogens is 368 g/mol. The lowest BCUT2D eigenvalue weighted by Crippen LogP contribution is -2.34. The molecule has 1 aliphatic rings. The number of anilines is 1. The van der Waals surface area contributed by atoms with Gasteiger partial charge in [0, 0.05) is 19.2 Å². The average molecular weight is 396 g/mol. The van der Waals surface area contributed by atoms with E-state index in [-0.39, 0.29) is 0 Å². The first-order valence-electron chi connectivity index (χ1n) is 10.4. The van der Waals surface area contributed by atoms with Crippen LogP contribution in [0.2, 0.25) is 0 Å². The minimum atomic E-state index is 0.308. The number of hydrogen-bond donors (Lipinski definition) is 0. The molecule has 0 N–H and O–H groups in total. The summed E-state index contributed by atoms with van der Waals surface area (Å²) in [5, 5.41) is 8.47. The molecule has 1 saturated heterocycles. The Labute approximate surface area is 171 Å². The Morgan fingerprint density at radius 1 is 1.10 bits per heavy atom. The van der Waals surface area contributed by atoms with Gasteiger partial charge in [0.15, 0.2) is 11.4 Å². The molecule has 1 aromatic carbocycles. The quantitative estimate of drug-likeness (QED) is 0.522. The third-order valence-electron chi connectivity index (χ3n) is 5.36. The predicted molar refractivity (Wildman–Crippen MR) is 112 cm³/mol. The Bertz CT molecular complexity index is 917. The largest absolute Gasteiger partial charge is 0.493 e. The van der Waals surface area contributed by atoms with Crippen molar-refractivity contribution in [1.82, 2.24) is 15.2 Å². The van der Waals surface area contributed by atoms with Crippen molar-refractivity contribution in [3.05, 3.63) is 36.0 Å². The molecule has 0 saturated carbocycles. The molecular formula is C22H28N4O3. The summed E-state index contributed by atoms with van der Waals surface area (Å²) in [6.07, 6.45) is 4.93. The van der Waals surface area contributed by atoms with Crippen LogP contribution in [-0.2, 0) is 0 Å². The Kier molecular flexibility index (Phi) is 6.12. The first-order valence-corrected chi connectivity index (χ1v) is 10.4. The van der Waals surface area contributed by atoms with Crippen molar-refractivity contribution in [1.29, 1.82) is 0 Å². The van der Waals surface area contributed by atoms with E-state index in [9.17, 15) is 0 Å². The molecule has 4 rings (SSSR count). The van der Waals surface area contributed by atoms with Crippen LogP contribution in [0.5, 0.6) is 11.8 Å². The first kappa shape index (κ1) is 19.5. The highest BCUT2D eigenvalue weighted by molar-refractivity contribution is 5.74. The van der Waals surface area contributed by atoms with Gasteiger partial charge in [-0.15, -0.1) is 5.10 Å². The topological polar surface area (TPSA) is 73.5 Å². The zero-order valence-corrected chi connectivity index (χ0v) is 17.1. The van der Waals surface area contributed by atoms with Gasteiger partial charge in [-0.2, -0.15) is 10.1 Å². The highest BCUT2D eigenvalue weighted by Crippen LogP contribution is 2.27. The number of nitrogens with zero attached hydrogens (tertiary/aromatic N) is 4. The lowest BCUT2D eigenvalue weighted by molar-refractivity contribution is 0.251. The molecule has 7 heteroatoms. The number of aromatic nitrogens is 3. The number of hydrogen-bond acceptors (Lipinski definition) is 7. The lowest BCUT2D eigenvalue weighted by atomic mass is 9.92. The average Bonchev–Trinajstić information content (AvgIpc) is 3.14. The molecule has 0 bridgehead atoms. The predicted octanol–water partition coefficient (Wildman–Crippen LogP) is 4.40. The minimum Gasteiger partial charge on any atom is -0.493 e. The third kappa shape index (κ3) is 4.96. The summed E-state index contributed by atoms with van der Waals surface area (Å²) >= 11 is 0. The van der Waals surface area contributed by atoms with Crippen LogP contribution in [0.3, 0.4) is 0 Å². The number of benzene rings is 1. The van der Waals surface area contributed by atoms with Gasteiger partial charge in [-0.1, -0.05) is 0 Å². The molecule has 0 spiro atoms. The van der Waals surface area contributed by atoms with Crippen molar-refractivity contribution in [2.45, 2.75) is 39.5 Å². The van der Waals surface area contributed by atoms with Gasteiger partial charge in [-0.25, -0.2) is 0 Å². The fourth-order valence-corrected chi connectivity index (χ4v) is 3.73. The van der Waals surface area contributed by atoms with Crippen LogP contribution in [0.25, 0.3) is 11.1 Å². The summed E-state index contributed by atoms with van der Waals surface area (Å²) in [5.74, 6) is 2.55. The normalized spacial score (nSPS) is 15.0. The molecule has 3 aromatic rings. The second kappa shape index (κ2) is 9.11. The van der Waals surface area contributed by atoms with E-state index >= 15 is 0 Å². The maximum Gasteiger partial charge on any atom is 0.394 e. The molecule has 7 nitrogen and oxygen atoms in total. The molecule has 0 radical (unpaired) electrons. The van der Waals surface area contributed by atoms with Gasteiger partial charge in [-0.05, 0) is 69.7 Å². The van der Waals surface area contributed by atoms with Gasteiger partial charge in [0.05, 0.1) is 18.9 Å². The Morgan fingerprint density at radius 3 is 2.72 bits per heavy atom. The van der Waals surface area contributed by atoms with Crippen LogP contribution in [0.15, 0.2) is 34.7 Å². The fraction of sp³-hybridized carbons (Fsp3) is 0.500. The van der Waals surface area contributed by atoms with Gasteiger partial charge in [0.25, 0.3) is 0 Å². The summed E-state index contributed by atoms with van der Waals surface area (Å²) in [5.41, 5.74) is 2.43. The molecule has 1 fully saturated rings. The Morgan fingerprint density at radius 2 is 1.97 bits per heavy atom. The molecule has 0 atom stereocenters. The highest BCUT2D eigenvalue weighted by atomic mass is 16.6. The fourth-order valence-electron chi connectivity index (χ4n) is 3.73. The zero-order chi connectivity index (χ0) is 20.1. The Hall–Kier alpha value is -2.83. The first-order chi connectivity index (χ1) is 14.2. The minimum absolute atomic E-state index is 0.308. The van der Waals surface area contributed by atoms with Crippen LogP contribution in [0.1, 0.15) is 38.3 Å². The second-order valence-electron chi connectivity index (χ2n) is 7.50. The van der Waals surface area contributed by atoms with E-state index in [1.54, 1.807) is 0 Å². The van der Waals surface area contributed by atoms with Crippen molar-refractivity contribution in [3.8, 4) is 11.8 Å². The lowest BCUT2D eigenvalue weighted by Gasteiger charge is -2.32. The number of ether oxygens (including phenoxy) is 2. The maximum absolute atomic E-state index is 5.92. The molecule has 29 heavy (non-hydrogen) atoms.